The molecule has 1 aliphatic heterocycles. The first-order valence-corrected chi connectivity index (χ1v) is 7.33. The lowest BCUT2D eigenvalue weighted by molar-refractivity contribution is 0.285. The molecule has 0 spiro atoms. The van der Waals surface area contributed by atoms with Crippen molar-refractivity contribution in [2.24, 2.45) is 7.05 Å². The monoisotopic (exact) mass is 273 g/mol. The van der Waals surface area contributed by atoms with E-state index in [0.29, 0.717) is 0 Å². The van der Waals surface area contributed by atoms with Gasteiger partial charge in [0, 0.05) is 38.3 Å². The van der Waals surface area contributed by atoms with Crippen LogP contribution in [-0.4, -0.2) is 42.8 Å². The number of aromatic nitrogens is 1. The van der Waals surface area contributed by atoms with Crippen LogP contribution in [0.3, 0.4) is 0 Å². The lowest BCUT2D eigenvalue weighted by Gasteiger charge is -2.18. The Hall–Kier alpha value is -1.52. The molecule has 0 unspecified atom stereocenters. The molecule has 2 heterocycles. The summed E-state index contributed by atoms with van der Waals surface area (Å²) < 4.78 is 7.67. The molecule has 1 aromatic carbocycles. The molecule has 2 aromatic rings. The minimum atomic E-state index is 0.953. The van der Waals surface area contributed by atoms with Crippen molar-refractivity contribution in [1.29, 1.82) is 0 Å². The Labute approximate surface area is 120 Å². The number of nitrogens with zero attached hydrogens (tertiary/aromatic N) is 2. The number of aryl methyl sites for hydroxylation is 1. The second-order valence-corrected chi connectivity index (χ2v) is 5.50. The molecule has 3 rings (SSSR count). The molecule has 1 N–H and O–H groups in total. The van der Waals surface area contributed by atoms with E-state index < -0.39 is 0 Å². The zero-order valence-corrected chi connectivity index (χ0v) is 12.4. The smallest absolute Gasteiger partial charge is 0.143 e. The molecule has 0 radical (unpaired) electrons. The quantitative estimate of drug-likeness (QED) is 0.927. The maximum atomic E-state index is 5.49. The number of para-hydroxylation sites is 1. The molecule has 4 nitrogen and oxygen atoms in total. The Bertz CT molecular complexity index is 583. The molecule has 0 aliphatic carbocycles. The van der Waals surface area contributed by atoms with Crippen LogP contribution in [0.5, 0.6) is 5.75 Å². The highest BCUT2D eigenvalue weighted by atomic mass is 16.5. The normalized spacial score (nSPS) is 17.3. The summed E-state index contributed by atoms with van der Waals surface area (Å²) in [6, 6.07) is 6.31. The fraction of sp³-hybridized carbons (Fsp3) is 0.500. The molecule has 108 valence electrons. The summed E-state index contributed by atoms with van der Waals surface area (Å²) in [7, 11) is 3.83. The molecular weight excluding hydrogens is 250 g/mol. The van der Waals surface area contributed by atoms with Crippen LogP contribution in [0.25, 0.3) is 10.9 Å². The summed E-state index contributed by atoms with van der Waals surface area (Å²) in [5.41, 5.74) is 2.58. The van der Waals surface area contributed by atoms with Crippen molar-refractivity contribution in [2.45, 2.75) is 13.0 Å². The van der Waals surface area contributed by atoms with Gasteiger partial charge in [-0.05, 0) is 31.1 Å². The van der Waals surface area contributed by atoms with Crippen LogP contribution in [0.15, 0.2) is 24.4 Å². The van der Waals surface area contributed by atoms with Gasteiger partial charge in [0.2, 0.25) is 0 Å². The summed E-state index contributed by atoms with van der Waals surface area (Å²) in [5.74, 6) is 0.953. The van der Waals surface area contributed by atoms with Gasteiger partial charge in [0.25, 0.3) is 0 Å². The number of fused-ring (bicyclic) bond motifs is 1. The first-order chi connectivity index (χ1) is 9.79. The van der Waals surface area contributed by atoms with E-state index in [9.17, 15) is 0 Å². The van der Waals surface area contributed by atoms with Crippen molar-refractivity contribution in [1.82, 2.24) is 14.8 Å². The van der Waals surface area contributed by atoms with E-state index in [0.717, 1.165) is 31.9 Å². The van der Waals surface area contributed by atoms with Crippen molar-refractivity contribution < 1.29 is 4.74 Å². The lowest BCUT2D eigenvalue weighted by atomic mass is 10.1. The van der Waals surface area contributed by atoms with Crippen molar-refractivity contribution in [3.63, 3.8) is 0 Å². The molecule has 20 heavy (non-hydrogen) atoms. The molecular formula is C16H23N3O. The molecule has 4 heteroatoms. The van der Waals surface area contributed by atoms with E-state index >= 15 is 0 Å². The highest BCUT2D eigenvalue weighted by Gasteiger charge is 2.14. The van der Waals surface area contributed by atoms with E-state index in [1.54, 1.807) is 7.11 Å². The Morgan fingerprint density at radius 1 is 1.25 bits per heavy atom. The van der Waals surface area contributed by atoms with E-state index in [4.69, 9.17) is 4.74 Å². The molecule has 1 aromatic heterocycles. The van der Waals surface area contributed by atoms with Crippen LogP contribution in [0, 0.1) is 0 Å². The number of nitrogens with one attached hydrogen (secondary N) is 1. The van der Waals surface area contributed by atoms with Gasteiger partial charge in [-0.3, -0.25) is 4.90 Å². The Morgan fingerprint density at radius 2 is 2.15 bits per heavy atom. The van der Waals surface area contributed by atoms with Crippen LogP contribution in [0.1, 0.15) is 12.0 Å². The maximum Gasteiger partial charge on any atom is 0.143 e. The minimum Gasteiger partial charge on any atom is -0.495 e. The Balaban J connectivity index is 1.91. The molecule has 0 bridgehead atoms. The highest BCUT2D eigenvalue weighted by molar-refractivity contribution is 5.89. The van der Waals surface area contributed by atoms with E-state index in [1.807, 2.05) is 6.07 Å². The number of benzene rings is 1. The van der Waals surface area contributed by atoms with Gasteiger partial charge >= 0.3 is 0 Å². The molecule has 1 saturated heterocycles. The number of hydrogen-bond donors (Lipinski definition) is 1. The van der Waals surface area contributed by atoms with Gasteiger partial charge in [-0.2, -0.15) is 0 Å². The Kier molecular flexibility index (Phi) is 3.94. The van der Waals surface area contributed by atoms with E-state index in [1.165, 1.54) is 29.4 Å². The average Bonchev–Trinajstić information content (AvgIpc) is 2.66. The number of methoxy groups -OCH3 is 1. The first-order valence-electron chi connectivity index (χ1n) is 7.33. The fourth-order valence-corrected chi connectivity index (χ4v) is 3.10. The van der Waals surface area contributed by atoms with Crippen LogP contribution >= 0.6 is 0 Å². The number of rotatable bonds is 3. The second kappa shape index (κ2) is 5.85. The third-order valence-electron chi connectivity index (χ3n) is 4.09. The van der Waals surface area contributed by atoms with Crippen LogP contribution in [-0.2, 0) is 13.6 Å². The first kappa shape index (κ1) is 13.5. The number of ether oxygens (including phenoxy) is 1. The van der Waals surface area contributed by atoms with Crippen LogP contribution < -0.4 is 10.1 Å². The van der Waals surface area contributed by atoms with Gasteiger partial charge in [-0.25, -0.2) is 0 Å². The minimum absolute atomic E-state index is 0.953. The number of hydrogen-bond acceptors (Lipinski definition) is 3. The van der Waals surface area contributed by atoms with Gasteiger partial charge in [0.15, 0.2) is 0 Å². The van der Waals surface area contributed by atoms with E-state index in [2.05, 4.69) is 40.2 Å². The Morgan fingerprint density at radius 3 is 3.00 bits per heavy atom. The molecule has 0 atom stereocenters. The van der Waals surface area contributed by atoms with Gasteiger partial charge in [0.1, 0.15) is 5.75 Å². The summed E-state index contributed by atoms with van der Waals surface area (Å²) in [6.45, 7) is 5.55. The molecule has 0 amide bonds. The SMILES string of the molecule is COc1cccc2c(CN3CCCNCC3)cn(C)c12. The molecule has 1 fully saturated rings. The lowest BCUT2D eigenvalue weighted by Crippen LogP contribution is -2.27. The average molecular weight is 273 g/mol. The van der Waals surface area contributed by atoms with E-state index in [-0.39, 0.29) is 0 Å². The van der Waals surface area contributed by atoms with Gasteiger partial charge in [-0.15, -0.1) is 0 Å². The predicted molar refractivity (Wildman–Crippen MR) is 82.2 cm³/mol. The van der Waals surface area contributed by atoms with Crippen LogP contribution in [0.2, 0.25) is 0 Å². The fourth-order valence-electron chi connectivity index (χ4n) is 3.10. The topological polar surface area (TPSA) is 29.4 Å². The predicted octanol–water partition coefficient (Wildman–Crippen LogP) is 1.98. The second-order valence-electron chi connectivity index (χ2n) is 5.50. The largest absolute Gasteiger partial charge is 0.495 e. The van der Waals surface area contributed by atoms with Gasteiger partial charge in [0.05, 0.1) is 12.6 Å². The highest BCUT2D eigenvalue weighted by Crippen LogP contribution is 2.29. The summed E-state index contributed by atoms with van der Waals surface area (Å²) in [4.78, 5) is 2.54. The summed E-state index contributed by atoms with van der Waals surface area (Å²) in [5, 5.41) is 4.77. The third kappa shape index (κ3) is 2.53. The van der Waals surface area contributed by atoms with Crippen LogP contribution in [0.4, 0.5) is 0 Å². The van der Waals surface area contributed by atoms with Gasteiger partial charge < -0.3 is 14.6 Å². The summed E-state index contributed by atoms with van der Waals surface area (Å²) in [6.07, 6.45) is 3.47. The zero-order chi connectivity index (χ0) is 13.9. The van der Waals surface area contributed by atoms with Crippen molar-refractivity contribution in [3.05, 3.63) is 30.0 Å². The van der Waals surface area contributed by atoms with Crippen molar-refractivity contribution >= 4 is 10.9 Å². The summed E-state index contributed by atoms with van der Waals surface area (Å²) >= 11 is 0. The maximum absolute atomic E-state index is 5.49. The van der Waals surface area contributed by atoms with Crippen molar-refractivity contribution in [3.8, 4) is 5.75 Å². The van der Waals surface area contributed by atoms with Gasteiger partial charge in [-0.1, -0.05) is 12.1 Å². The standard InChI is InChI=1S/C16H23N3O/c1-18-11-13(12-19-9-4-7-17-8-10-19)14-5-3-6-15(20-2)16(14)18/h3,5-6,11,17H,4,7-10,12H2,1-2H3. The molecule has 1 aliphatic rings. The third-order valence-corrected chi connectivity index (χ3v) is 4.09. The zero-order valence-electron chi connectivity index (χ0n) is 12.4. The van der Waals surface area contributed by atoms with Crippen molar-refractivity contribution in [2.75, 3.05) is 33.3 Å². The molecule has 0 saturated carbocycles.